The topological polar surface area (TPSA) is 71.4 Å². The lowest BCUT2D eigenvalue weighted by molar-refractivity contribution is -0.131. The van der Waals surface area contributed by atoms with Gasteiger partial charge in [-0.1, -0.05) is 6.07 Å². The van der Waals surface area contributed by atoms with Gasteiger partial charge in [-0.25, -0.2) is 0 Å². The summed E-state index contributed by atoms with van der Waals surface area (Å²) in [6.07, 6.45) is 1.29. The molecule has 1 aromatic rings. The van der Waals surface area contributed by atoms with E-state index in [0.717, 1.165) is 0 Å². The molecule has 5 heteroatoms. The standard InChI is InChI=1S/C14H16N2O3/c15-8-11-3-1-4-12(7-11)16-14(17)5-2-6-19-13-9-18-10-13/h1,3-4,7,13H,2,5-6,9-10H2,(H,16,17). The van der Waals surface area contributed by atoms with Gasteiger partial charge in [-0.2, -0.15) is 5.26 Å². The molecule has 0 bridgehead atoms. The van der Waals surface area contributed by atoms with E-state index >= 15 is 0 Å². The summed E-state index contributed by atoms with van der Waals surface area (Å²) in [4.78, 5) is 11.7. The summed E-state index contributed by atoms with van der Waals surface area (Å²) in [6.45, 7) is 1.89. The van der Waals surface area contributed by atoms with Crippen molar-refractivity contribution in [2.75, 3.05) is 25.1 Å². The number of benzene rings is 1. The summed E-state index contributed by atoms with van der Waals surface area (Å²) in [5.74, 6) is -0.0662. The van der Waals surface area contributed by atoms with Crippen molar-refractivity contribution in [1.29, 1.82) is 5.26 Å². The van der Waals surface area contributed by atoms with Crippen LogP contribution in [0.15, 0.2) is 24.3 Å². The van der Waals surface area contributed by atoms with Gasteiger partial charge in [0.2, 0.25) is 5.91 Å². The molecule has 1 aromatic carbocycles. The van der Waals surface area contributed by atoms with E-state index in [0.29, 0.717) is 43.9 Å². The second-order valence-corrected chi connectivity index (χ2v) is 4.37. The Kier molecular flexibility index (Phi) is 4.90. The Balaban J connectivity index is 1.66. The summed E-state index contributed by atoms with van der Waals surface area (Å²) < 4.78 is 10.5. The number of nitrogens with one attached hydrogen (secondary N) is 1. The van der Waals surface area contributed by atoms with Crippen molar-refractivity contribution >= 4 is 11.6 Å². The molecule has 5 nitrogen and oxygen atoms in total. The molecule has 1 fully saturated rings. The molecule has 2 rings (SSSR count). The highest BCUT2D eigenvalue weighted by atomic mass is 16.6. The number of ether oxygens (including phenoxy) is 2. The van der Waals surface area contributed by atoms with Crippen LogP contribution >= 0.6 is 0 Å². The first-order valence-corrected chi connectivity index (χ1v) is 6.27. The molecule has 1 heterocycles. The second-order valence-electron chi connectivity index (χ2n) is 4.37. The van der Waals surface area contributed by atoms with Crippen LogP contribution in [-0.4, -0.2) is 31.8 Å². The van der Waals surface area contributed by atoms with Gasteiger partial charge in [-0.05, 0) is 24.6 Å². The first-order valence-electron chi connectivity index (χ1n) is 6.27. The van der Waals surface area contributed by atoms with Gasteiger partial charge in [0.25, 0.3) is 0 Å². The van der Waals surface area contributed by atoms with Crippen molar-refractivity contribution in [2.24, 2.45) is 0 Å². The lowest BCUT2D eigenvalue weighted by Crippen LogP contribution is -2.36. The number of nitriles is 1. The maximum Gasteiger partial charge on any atom is 0.224 e. The summed E-state index contributed by atoms with van der Waals surface area (Å²) in [5.41, 5.74) is 1.18. The Morgan fingerprint density at radius 3 is 3.05 bits per heavy atom. The first-order chi connectivity index (χ1) is 9.28. The fourth-order valence-corrected chi connectivity index (χ4v) is 1.68. The summed E-state index contributed by atoms with van der Waals surface area (Å²) >= 11 is 0. The van der Waals surface area contributed by atoms with E-state index in [9.17, 15) is 4.79 Å². The zero-order valence-corrected chi connectivity index (χ0v) is 10.6. The normalized spacial score (nSPS) is 14.5. The Hall–Kier alpha value is -1.90. The van der Waals surface area contributed by atoms with Crippen LogP contribution in [0.3, 0.4) is 0 Å². The van der Waals surface area contributed by atoms with Crippen molar-refractivity contribution in [2.45, 2.75) is 18.9 Å². The van der Waals surface area contributed by atoms with Crippen molar-refractivity contribution in [3.63, 3.8) is 0 Å². The van der Waals surface area contributed by atoms with Gasteiger partial charge in [-0.3, -0.25) is 4.79 Å². The summed E-state index contributed by atoms with van der Waals surface area (Å²) in [5, 5.41) is 11.5. The quantitative estimate of drug-likeness (QED) is 0.790. The fourth-order valence-electron chi connectivity index (χ4n) is 1.68. The van der Waals surface area contributed by atoms with Crippen LogP contribution in [-0.2, 0) is 14.3 Å². The average molecular weight is 260 g/mol. The number of hydrogen-bond acceptors (Lipinski definition) is 4. The lowest BCUT2D eigenvalue weighted by atomic mass is 10.2. The molecule has 0 radical (unpaired) electrons. The van der Waals surface area contributed by atoms with E-state index in [1.807, 2.05) is 6.07 Å². The van der Waals surface area contributed by atoms with Gasteiger partial charge in [0.15, 0.2) is 0 Å². The summed E-state index contributed by atoms with van der Waals surface area (Å²) in [6, 6.07) is 8.90. The van der Waals surface area contributed by atoms with Crippen LogP contribution in [0.5, 0.6) is 0 Å². The van der Waals surface area contributed by atoms with Gasteiger partial charge in [0.05, 0.1) is 24.8 Å². The summed E-state index contributed by atoms with van der Waals surface area (Å²) in [7, 11) is 0. The molecular formula is C14H16N2O3. The molecule has 0 spiro atoms. The number of carbonyl (C=O) groups excluding carboxylic acids is 1. The Bertz CT molecular complexity index is 478. The van der Waals surface area contributed by atoms with E-state index in [2.05, 4.69) is 5.32 Å². The zero-order valence-electron chi connectivity index (χ0n) is 10.6. The second kappa shape index (κ2) is 6.88. The molecule has 1 aliphatic heterocycles. The minimum atomic E-state index is -0.0662. The molecule has 1 amide bonds. The molecule has 1 N–H and O–H groups in total. The number of carbonyl (C=O) groups is 1. The van der Waals surface area contributed by atoms with Crippen LogP contribution in [0.4, 0.5) is 5.69 Å². The van der Waals surface area contributed by atoms with Gasteiger partial charge >= 0.3 is 0 Å². The minimum Gasteiger partial charge on any atom is -0.376 e. The Morgan fingerprint density at radius 1 is 1.53 bits per heavy atom. The van der Waals surface area contributed by atoms with Crippen molar-refractivity contribution in [3.8, 4) is 6.07 Å². The third-order valence-electron chi connectivity index (χ3n) is 2.78. The highest BCUT2D eigenvalue weighted by Crippen LogP contribution is 2.11. The van der Waals surface area contributed by atoms with Crippen LogP contribution in [0.2, 0.25) is 0 Å². The molecule has 1 saturated heterocycles. The Labute approximate surface area is 112 Å². The van der Waals surface area contributed by atoms with E-state index in [1.54, 1.807) is 24.3 Å². The third kappa shape index (κ3) is 4.36. The minimum absolute atomic E-state index is 0.0662. The van der Waals surface area contributed by atoms with Crippen molar-refractivity contribution < 1.29 is 14.3 Å². The molecule has 19 heavy (non-hydrogen) atoms. The van der Waals surface area contributed by atoms with Gasteiger partial charge in [-0.15, -0.1) is 0 Å². The molecule has 100 valence electrons. The predicted octanol–water partition coefficient (Wildman–Crippen LogP) is 1.69. The van der Waals surface area contributed by atoms with E-state index in [4.69, 9.17) is 14.7 Å². The maximum atomic E-state index is 11.7. The molecule has 0 saturated carbocycles. The molecule has 1 aliphatic rings. The monoisotopic (exact) mass is 260 g/mol. The molecule has 0 atom stereocenters. The zero-order chi connectivity index (χ0) is 13.5. The SMILES string of the molecule is N#Cc1cccc(NC(=O)CCCOC2COC2)c1. The van der Waals surface area contributed by atoms with Crippen LogP contribution in [0, 0.1) is 11.3 Å². The molecule has 0 unspecified atom stereocenters. The first kappa shape index (κ1) is 13.5. The van der Waals surface area contributed by atoms with Gasteiger partial charge < -0.3 is 14.8 Å². The molecular weight excluding hydrogens is 244 g/mol. The van der Waals surface area contributed by atoms with Crippen molar-refractivity contribution in [1.82, 2.24) is 0 Å². The van der Waals surface area contributed by atoms with Crippen LogP contribution in [0.25, 0.3) is 0 Å². The van der Waals surface area contributed by atoms with Crippen LogP contribution < -0.4 is 5.32 Å². The van der Waals surface area contributed by atoms with E-state index in [-0.39, 0.29) is 12.0 Å². The Morgan fingerprint density at radius 2 is 2.37 bits per heavy atom. The largest absolute Gasteiger partial charge is 0.376 e. The highest BCUT2D eigenvalue weighted by molar-refractivity contribution is 5.90. The average Bonchev–Trinajstić information content (AvgIpc) is 2.36. The number of amides is 1. The number of nitrogens with zero attached hydrogens (tertiary/aromatic N) is 1. The van der Waals surface area contributed by atoms with E-state index < -0.39 is 0 Å². The smallest absolute Gasteiger partial charge is 0.224 e. The number of anilines is 1. The number of rotatable bonds is 6. The molecule has 0 aliphatic carbocycles. The molecule has 0 aromatic heterocycles. The van der Waals surface area contributed by atoms with Crippen LogP contribution in [0.1, 0.15) is 18.4 Å². The maximum absolute atomic E-state index is 11.7. The fraction of sp³-hybridized carbons (Fsp3) is 0.429. The van der Waals surface area contributed by atoms with Gasteiger partial charge in [0.1, 0.15) is 6.10 Å². The van der Waals surface area contributed by atoms with Gasteiger partial charge in [0, 0.05) is 18.7 Å². The third-order valence-corrected chi connectivity index (χ3v) is 2.78. The highest BCUT2D eigenvalue weighted by Gasteiger charge is 2.18. The number of hydrogen-bond donors (Lipinski definition) is 1. The predicted molar refractivity (Wildman–Crippen MR) is 69.6 cm³/mol. The van der Waals surface area contributed by atoms with Crippen molar-refractivity contribution in [3.05, 3.63) is 29.8 Å². The lowest BCUT2D eigenvalue weighted by Gasteiger charge is -2.25. The van der Waals surface area contributed by atoms with E-state index in [1.165, 1.54) is 0 Å².